The SMILES string of the molecule is O=C(N/N=C\c1cc(I)c(OCc2ccc(Cl)cc2Cl)c(I)c1)c1ccc(Br)cc1. The fraction of sp³-hybridized carbons (Fsp3) is 0.0476. The van der Waals surface area contributed by atoms with Crippen molar-refractivity contribution >= 4 is 96.4 Å². The van der Waals surface area contributed by atoms with Crippen LogP contribution in [0.3, 0.4) is 0 Å². The largest absolute Gasteiger partial charge is 0.487 e. The Kier molecular flexibility index (Phi) is 8.82. The van der Waals surface area contributed by atoms with Crippen LogP contribution < -0.4 is 10.2 Å². The van der Waals surface area contributed by atoms with Crippen LogP contribution in [-0.4, -0.2) is 12.1 Å². The van der Waals surface area contributed by atoms with Crippen LogP contribution in [0.2, 0.25) is 10.0 Å². The molecular formula is C21H13BrCl2I2N2O2. The van der Waals surface area contributed by atoms with E-state index in [2.05, 4.69) is 71.6 Å². The molecular weight excluding hydrogens is 717 g/mol. The zero-order valence-electron chi connectivity index (χ0n) is 15.1. The molecule has 3 rings (SSSR count). The number of carbonyl (C=O) groups is 1. The van der Waals surface area contributed by atoms with Gasteiger partial charge in [0, 0.05) is 25.6 Å². The molecule has 0 spiro atoms. The van der Waals surface area contributed by atoms with Gasteiger partial charge in [0.25, 0.3) is 5.91 Å². The summed E-state index contributed by atoms with van der Waals surface area (Å²) in [4.78, 5) is 12.1. The number of nitrogens with one attached hydrogen (secondary N) is 1. The highest BCUT2D eigenvalue weighted by atomic mass is 127. The highest BCUT2D eigenvalue weighted by Gasteiger charge is 2.10. The second-order valence-corrected chi connectivity index (χ2v) is 10.1. The molecule has 0 atom stereocenters. The summed E-state index contributed by atoms with van der Waals surface area (Å²) < 4.78 is 8.73. The van der Waals surface area contributed by atoms with Crippen molar-refractivity contribution in [2.75, 3.05) is 0 Å². The number of carbonyl (C=O) groups excluding carboxylic acids is 1. The molecule has 1 amide bonds. The van der Waals surface area contributed by atoms with Gasteiger partial charge in [0.15, 0.2) is 0 Å². The summed E-state index contributed by atoms with van der Waals surface area (Å²) in [6.45, 7) is 0.332. The Labute approximate surface area is 219 Å². The van der Waals surface area contributed by atoms with Crippen molar-refractivity contribution in [2.24, 2.45) is 5.10 Å². The van der Waals surface area contributed by atoms with E-state index in [-0.39, 0.29) is 5.91 Å². The molecule has 0 unspecified atom stereocenters. The summed E-state index contributed by atoms with van der Waals surface area (Å²) in [6, 6.07) is 16.2. The molecule has 0 bridgehead atoms. The van der Waals surface area contributed by atoms with E-state index in [4.69, 9.17) is 27.9 Å². The third-order valence-corrected chi connectivity index (χ3v) is 6.61. The highest BCUT2D eigenvalue weighted by Crippen LogP contribution is 2.30. The maximum absolute atomic E-state index is 12.1. The van der Waals surface area contributed by atoms with Gasteiger partial charge >= 0.3 is 0 Å². The smallest absolute Gasteiger partial charge is 0.271 e. The van der Waals surface area contributed by atoms with Crippen LogP contribution in [0.15, 0.2) is 64.2 Å². The predicted octanol–water partition coefficient (Wildman–Crippen LogP) is 7.31. The average molecular weight is 730 g/mol. The molecule has 9 heteroatoms. The standard InChI is InChI=1S/C21H13BrCl2I2N2O2/c22-15-4-1-13(2-5-15)21(29)28-27-10-12-7-18(25)20(19(26)8-12)30-11-14-3-6-16(23)9-17(14)24/h1-10H,11H2,(H,28,29)/b27-10-. The van der Waals surface area contributed by atoms with Gasteiger partial charge in [0.05, 0.1) is 13.4 Å². The Bertz CT molecular complexity index is 1090. The summed E-state index contributed by atoms with van der Waals surface area (Å²) in [5, 5.41) is 5.21. The molecule has 154 valence electrons. The zero-order valence-corrected chi connectivity index (χ0v) is 22.5. The molecule has 0 aliphatic heterocycles. The van der Waals surface area contributed by atoms with Gasteiger partial charge in [-0.3, -0.25) is 4.79 Å². The normalized spacial score (nSPS) is 11.0. The lowest BCUT2D eigenvalue weighted by Crippen LogP contribution is -2.17. The van der Waals surface area contributed by atoms with Crippen LogP contribution in [0, 0.1) is 7.14 Å². The van der Waals surface area contributed by atoms with Gasteiger partial charge in [-0.05, 0) is 99.3 Å². The number of rotatable bonds is 6. The van der Waals surface area contributed by atoms with E-state index in [1.165, 1.54) is 0 Å². The van der Waals surface area contributed by atoms with Crippen LogP contribution in [0.25, 0.3) is 0 Å². The lowest BCUT2D eigenvalue weighted by molar-refractivity contribution is 0.0955. The number of hydrogen-bond donors (Lipinski definition) is 1. The van der Waals surface area contributed by atoms with Gasteiger partial charge in [-0.1, -0.05) is 45.2 Å². The van der Waals surface area contributed by atoms with Gasteiger partial charge in [0.2, 0.25) is 0 Å². The lowest BCUT2D eigenvalue weighted by Gasteiger charge is -2.12. The quantitative estimate of drug-likeness (QED) is 0.165. The molecule has 3 aromatic rings. The summed E-state index contributed by atoms with van der Waals surface area (Å²) in [6.07, 6.45) is 1.60. The second-order valence-electron chi connectivity index (χ2n) is 6.04. The lowest BCUT2D eigenvalue weighted by atomic mass is 10.2. The van der Waals surface area contributed by atoms with E-state index in [0.29, 0.717) is 22.2 Å². The van der Waals surface area contributed by atoms with Crippen LogP contribution >= 0.6 is 84.3 Å². The number of halogens is 5. The first-order valence-corrected chi connectivity index (χ1v) is 12.2. The number of hydrogen-bond acceptors (Lipinski definition) is 3. The molecule has 4 nitrogen and oxygen atoms in total. The minimum absolute atomic E-state index is 0.275. The van der Waals surface area contributed by atoms with Crippen LogP contribution in [0.5, 0.6) is 5.75 Å². The van der Waals surface area contributed by atoms with Crippen LogP contribution in [0.4, 0.5) is 0 Å². The molecule has 0 fully saturated rings. The third-order valence-electron chi connectivity index (χ3n) is 3.89. The average Bonchev–Trinajstić information content (AvgIpc) is 2.69. The van der Waals surface area contributed by atoms with Crippen molar-refractivity contribution in [1.82, 2.24) is 5.43 Å². The minimum Gasteiger partial charge on any atom is -0.487 e. The summed E-state index contributed by atoms with van der Waals surface area (Å²) >= 11 is 19.9. The Balaban J connectivity index is 1.65. The van der Waals surface area contributed by atoms with E-state index in [9.17, 15) is 4.79 Å². The van der Waals surface area contributed by atoms with Gasteiger partial charge < -0.3 is 4.74 Å². The van der Waals surface area contributed by atoms with Gasteiger partial charge in [-0.2, -0.15) is 5.10 Å². The Morgan fingerprint density at radius 1 is 1.07 bits per heavy atom. The summed E-state index contributed by atoms with van der Waals surface area (Å²) in [7, 11) is 0. The van der Waals surface area contributed by atoms with E-state index < -0.39 is 0 Å². The monoisotopic (exact) mass is 728 g/mol. The van der Waals surface area contributed by atoms with Gasteiger partial charge in [-0.15, -0.1) is 0 Å². The molecule has 0 radical (unpaired) electrons. The van der Waals surface area contributed by atoms with Crippen molar-refractivity contribution in [3.63, 3.8) is 0 Å². The maximum Gasteiger partial charge on any atom is 0.271 e. The first-order valence-electron chi connectivity index (χ1n) is 8.48. The van der Waals surface area contributed by atoms with Gasteiger partial charge in [0.1, 0.15) is 12.4 Å². The van der Waals surface area contributed by atoms with Crippen molar-refractivity contribution in [2.45, 2.75) is 6.61 Å². The number of ether oxygens (including phenoxy) is 1. The Hall–Kier alpha value is -0.880. The molecule has 0 heterocycles. The second kappa shape index (κ2) is 11.1. The fourth-order valence-electron chi connectivity index (χ4n) is 2.41. The van der Waals surface area contributed by atoms with Crippen molar-refractivity contribution in [3.8, 4) is 5.75 Å². The topological polar surface area (TPSA) is 50.7 Å². The number of amides is 1. The molecule has 3 aromatic carbocycles. The molecule has 0 aliphatic rings. The molecule has 1 N–H and O–H groups in total. The molecule has 0 saturated carbocycles. The molecule has 0 aromatic heterocycles. The van der Waals surface area contributed by atoms with Crippen molar-refractivity contribution in [1.29, 1.82) is 0 Å². The fourth-order valence-corrected chi connectivity index (χ4v) is 5.27. The Morgan fingerprint density at radius 2 is 1.73 bits per heavy atom. The van der Waals surface area contributed by atoms with E-state index in [1.807, 2.05) is 18.2 Å². The van der Waals surface area contributed by atoms with Gasteiger partial charge in [-0.25, -0.2) is 5.43 Å². The highest BCUT2D eigenvalue weighted by molar-refractivity contribution is 14.1. The van der Waals surface area contributed by atoms with Crippen LogP contribution in [-0.2, 0) is 6.61 Å². The molecule has 30 heavy (non-hydrogen) atoms. The third kappa shape index (κ3) is 6.56. The van der Waals surface area contributed by atoms with E-state index >= 15 is 0 Å². The first kappa shape index (κ1) is 23.8. The summed E-state index contributed by atoms with van der Waals surface area (Å²) in [5.74, 6) is 0.487. The number of hydrazone groups is 1. The minimum atomic E-state index is -0.275. The summed E-state index contributed by atoms with van der Waals surface area (Å²) in [5.41, 5.74) is 4.76. The molecule has 0 aliphatic carbocycles. The number of nitrogens with zero attached hydrogens (tertiary/aromatic N) is 1. The first-order chi connectivity index (χ1) is 14.3. The zero-order chi connectivity index (χ0) is 21.7. The Morgan fingerprint density at radius 3 is 2.37 bits per heavy atom. The van der Waals surface area contributed by atoms with E-state index in [0.717, 1.165) is 28.5 Å². The maximum atomic E-state index is 12.1. The van der Waals surface area contributed by atoms with E-state index in [1.54, 1.807) is 42.6 Å². The van der Waals surface area contributed by atoms with Crippen molar-refractivity contribution in [3.05, 3.63) is 92.9 Å². The molecule has 0 saturated heterocycles. The predicted molar refractivity (Wildman–Crippen MR) is 142 cm³/mol. The van der Waals surface area contributed by atoms with Crippen molar-refractivity contribution < 1.29 is 9.53 Å². The van der Waals surface area contributed by atoms with Crippen LogP contribution in [0.1, 0.15) is 21.5 Å². The number of benzene rings is 3.